The molecule has 7 nitrogen and oxygen atoms in total. The van der Waals surface area contributed by atoms with Crippen molar-refractivity contribution in [1.82, 2.24) is 5.16 Å². The third kappa shape index (κ3) is 4.95. The van der Waals surface area contributed by atoms with Gasteiger partial charge in [0.15, 0.2) is 0 Å². The van der Waals surface area contributed by atoms with E-state index >= 15 is 4.39 Å². The van der Waals surface area contributed by atoms with E-state index in [-0.39, 0.29) is 30.2 Å². The van der Waals surface area contributed by atoms with Crippen molar-refractivity contribution in [2.75, 3.05) is 32.2 Å². The molecule has 0 saturated carbocycles. The first-order valence-electron chi connectivity index (χ1n) is 12.4. The predicted molar refractivity (Wildman–Crippen MR) is 132 cm³/mol. The van der Waals surface area contributed by atoms with Gasteiger partial charge in [-0.3, -0.25) is 4.79 Å². The van der Waals surface area contributed by atoms with Gasteiger partial charge in [-0.15, -0.1) is 0 Å². The summed E-state index contributed by atoms with van der Waals surface area (Å²) in [6, 6.07) is 12.7. The van der Waals surface area contributed by atoms with Gasteiger partial charge in [-0.2, -0.15) is 0 Å². The highest BCUT2D eigenvalue weighted by Gasteiger charge is 2.32. The second-order valence-corrected chi connectivity index (χ2v) is 9.35. The van der Waals surface area contributed by atoms with Gasteiger partial charge in [-0.1, -0.05) is 17.3 Å². The quantitative estimate of drug-likeness (QED) is 0.399. The lowest BCUT2D eigenvalue weighted by Gasteiger charge is -2.34. The van der Waals surface area contributed by atoms with Crippen molar-refractivity contribution in [3.05, 3.63) is 76.9 Å². The monoisotopic (exact) mass is 494 g/mol. The fourth-order valence-corrected chi connectivity index (χ4v) is 5.39. The van der Waals surface area contributed by atoms with E-state index in [1.54, 1.807) is 19.2 Å². The van der Waals surface area contributed by atoms with Crippen molar-refractivity contribution in [2.24, 2.45) is 0 Å². The molecule has 0 radical (unpaired) electrons. The van der Waals surface area contributed by atoms with Crippen LogP contribution in [0.25, 0.3) is 0 Å². The lowest BCUT2D eigenvalue weighted by Crippen LogP contribution is -2.37. The fourth-order valence-electron chi connectivity index (χ4n) is 5.39. The summed E-state index contributed by atoms with van der Waals surface area (Å²) < 4.78 is 36.6. The maximum atomic E-state index is 15.0. The Morgan fingerprint density at radius 1 is 1.11 bits per heavy atom. The number of anilines is 1. The SMILES string of the molecule is COC(=O)C[C@@H](c1ccc(O[C@@H]2CCc3c(N4CCC(OC)CC4)ccc(F)c32)cc1)c1ccon1. The number of esters is 1. The van der Waals surface area contributed by atoms with Crippen molar-refractivity contribution in [1.29, 1.82) is 0 Å². The number of methoxy groups -OCH3 is 2. The number of nitrogens with zero attached hydrogens (tertiary/aromatic N) is 2. The topological polar surface area (TPSA) is 74.0 Å². The molecule has 8 heteroatoms. The fraction of sp³-hybridized carbons (Fsp3) is 0.429. The molecule has 2 aromatic carbocycles. The Bertz CT molecular complexity index is 1170. The zero-order valence-corrected chi connectivity index (χ0v) is 20.6. The van der Waals surface area contributed by atoms with Crippen LogP contribution in [-0.4, -0.2) is 44.5 Å². The molecule has 36 heavy (non-hydrogen) atoms. The van der Waals surface area contributed by atoms with Gasteiger partial charge < -0.3 is 23.6 Å². The van der Waals surface area contributed by atoms with Crippen molar-refractivity contribution in [3.8, 4) is 5.75 Å². The lowest BCUT2D eigenvalue weighted by molar-refractivity contribution is -0.140. The maximum Gasteiger partial charge on any atom is 0.306 e. The molecule has 190 valence electrons. The van der Waals surface area contributed by atoms with Gasteiger partial charge in [0.1, 0.15) is 23.9 Å². The standard InChI is InChI=1S/C28H31FN2O5/c1-33-19-11-14-31(15-12-19)25-9-8-23(29)28-21(25)7-10-26(28)36-20-5-3-18(4-6-20)22(17-27(32)34-2)24-13-16-35-30-24/h3-6,8-9,13,16,19,22,26H,7,10-12,14-15,17H2,1-2H3/t22-,26+/m0/s1. The average Bonchev–Trinajstić information content (AvgIpc) is 3.59. The summed E-state index contributed by atoms with van der Waals surface area (Å²) in [6.07, 6.45) is 5.03. The molecule has 1 aliphatic heterocycles. The molecular formula is C28H31FN2O5. The largest absolute Gasteiger partial charge is 0.486 e. The molecule has 2 aliphatic rings. The van der Waals surface area contributed by atoms with E-state index in [0.29, 0.717) is 23.1 Å². The normalized spacial score (nSPS) is 18.6. The average molecular weight is 495 g/mol. The minimum absolute atomic E-state index is 0.148. The van der Waals surface area contributed by atoms with Gasteiger partial charge in [0.2, 0.25) is 0 Å². The number of aromatic nitrogens is 1. The van der Waals surface area contributed by atoms with Crippen LogP contribution in [0.2, 0.25) is 0 Å². The van der Waals surface area contributed by atoms with Gasteiger partial charge in [-0.25, -0.2) is 4.39 Å². The van der Waals surface area contributed by atoms with Crippen LogP contribution in [0, 0.1) is 5.82 Å². The number of carbonyl (C=O) groups is 1. The number of halogens is 1. The third-order valence-corrected chi connectivity index (χ3v) is 7.35. The third-order valence-electron chi connectivity index (χ3n) is 7.35. The number of benzene rings is 2. The van der Waals surface area contributed by atoms with E-state index in [2.05, 4.69) is 10.1 Å². The van der Waals surface area contributed by atoms with E-state index in [9.17, 15) is 4.79 Å². The smallest absolute Gasteiger partial charge is 0.306 e. The molecule has 0 spiro atoms. The van der Waals surface area contributed by atoms with Crippen molar-refractivity contribution in [2.45, 2.75) is 50.2 Å². The molecule has 1 aliphatic carbocycles. The zero-order valence-electron chi connectivity index (χ0n) is 20.6. The molecular weight excluding hydrogens is 463 g/mol. The Hall–Kier alpha value is -3.39. The molecule has 1 saturated heterocycles. The molecule has 3 aromatic rings. The van der Waals surface area contributed by atoms with Crippen LogP contribution >= 0.6 is 0 Å². The van der Waals surface area contributed by atoms with E-state index in [0.717, 1.165) is 55.6 Å². The number of ether oxygens (including phenoxy) is 3. The number of fused-ring (bicyclic) bond motifs is 1. The van der Waals surface area contributed by atoms with E-state index < -0.39 is 0 Å². The Balaban J connectivity index is 1.33. The minimum Gasteiger partial charge on any atom is -0.486 e. The van der Waals surface area contributed by atoms with Crippen LogP contribution in [0.15, 0.2) is 53.3 Å². The van der Waals surface area contributed by atoms with Crippen molar-refractivity contribution < 1.29 is 27.9 Å². The van der Waals surface area contributed by atoms with Gasteiger partial charge in [0.05, 0.1) is 25.3 Å². The molecule has 2 atom stereocenters. The van der Waals surface area contributed by atoms with Crippen LogP contribution < -0.4 is 9.64 Å². The molecule has 1 fully saturated rings. The second-order valence-electron chi connectivity index (χ2n) is 9.35. The van der Waals surface area contributed by atoms with E-state index in [4.69, 9.17) is 18.7 Å². The van der Waals surface area contributed by atoms with Crippen LogP contribution in [0.5, 0.6) is 5.75 Å². The van der Waals surface area contributed by atoms with E-state index in [1.165, 1.54) is 13.4 Å². The van der Waals surface area contributed by atoms with Crippen LogP contribution in [-0.2, 0) is 20.7 Å². The van der Waals surface area contributed by atoms with Gasteiger partial charge in [-0.05, 0) is 61.1 Å². The number of rotatable bonds is 8. The highest BCUT2D eigenvalue weighted by atomic mass is 19.1. The maximum absolute atomic E-state index is 15.0. The van der Waals surface area contributed by atoms with Gasteiger partial charge in [0.25, 0.3) is 0 Å². The highest BCUT2D eigenvalue weighted by Crippen LogP contribution is 2.42. The van der Waals surface area contributed by atoms with Crippen LogP contribution in [0.4, 0.5) is 10.1 Å². The highest BCUT2D eigenvalue weighted by molar-refractivity contribution is 5.71. The number of hydrogen-bond acceptors (Lipinski definition) is 7. The summed E-state index contributed by atoms with van der Waals surface area (Å²) in [5.41, 5.74) is 4.37. The summed E-state index contributed by atoms with van der Waals surface area (Å²) in [5.74, 6) is -0.188. The van der Waals surface area contributed by atoms with E-state index in [1.807, 2.05) is 30.3 Å². The van der Waals surface area contributed by atoms with Crippen LogP contribution in [0.1, 0.15) is 60.1 Å². The van der Waals surface area contributed by atoms with Crippen molar-refractivity contribution in [3.63, 3.8) is 0 Å². The molecule has 0 bridgehead atoms. The van der Waals surface area contributed by atoms with Crippen molar-refractivity contribution >= 4 is 11.7 Å². The first-order chi connectivity index (χ1) is 17.6. The first kappa shape index (κ1) is 24.3. The Labute approximate surface area is 210 Å². The Kier molecular flexibility index (Phi) is 7.23. The molecule has 0 unspecified atom stereocenters. The summed E-state index contributed by atoms with van der Waals surface area (Å²) in [7, 11) is 3.13. The number of piperidine rings is 1. The van der Waals surface area contributed by atoms with Crippen LogP contribution in [0.3, 0.4) is 0 Å². The second kappa shape index (κ2) is 10.7. The Morgan fingerprint density at radius 2 is 1.89 bits per heavy atom. The Morgan fingerprint density at radius 3 is 2.56 bits per heavy atom. The molecule has 0 amide bonds. The molecule has 2 heterocycles. The summed E-state index contributed by atoms with van der Waals surface area (Å²) >= 11 is 0. The predicted octanol–water partition coefficient (Wildman–Crippen LogP) is 5.19. The molecule has 5 rings (SSSR count). The zero-order chi connectivity index (χ0) is 25.1. The minimum atomic E-state index is -0.344. The first-order valence-corrected chi connectivity index (χ1v) is 12.4. The number of carbonyl (C=O) groups excluding carboxylic acids is 1. The summed E-state index contributed by atoms with van der Waals surface area (Å²) in [6.45, 7) is 1.81. The van der Waals surface area contributed by atoms with Gasteiger partial charge >= 0.3 is 5.97 Å². The summed E-state index contributed by atoms with van der Waals surface area (Å²) in [5, 5.41) is 4.01. The molecule has 1 aromatic heterocycles. The number of hydrogen-bond donors (Lipinski definition) is 0. The summed E-state index contributed by atoms with van der Waals surface area (Å²) in [4.78, 5) is 14.3. The lowest BCUT2D eigenvalue weighted by atomic mass is 9.92. The van der Waals surface area contributed by atoms with Gasteiger partial charge in [0, 0.05) is 43.4 Å². The molecule has 0 N–H and O–H groups in total.